The fourth-order valence-corrected chi connectivity index (χ4v) is 4.03. The van der Waals surface area contributed by atoms with E-state index in [1.54, 1.807) is 0 Å². The molecule has 0 saturated heterocycles. The maximum atomic E-state index is 9.67. The van der Waals surface area contributed by atoms with Crippen LogP contribution in [0.5, 0.6) is 0 Å². The van der Waals surface area contributed by atoms with Gasteiger partial charge < -0.3 is 5.11 Å². The van der Waals surface area contributed by atoms with E-state index >= 15 is 0 Å². The molecule has 1 heteroatoms. The minimum absolute atomic E-state index is 0.0827. The predicted octanol–water partition coefficient (Wildman–Crippen LogP) is 1.80. The van der Waals surface area contributed by atoms with Gasteiger partial charge >= 0.3 is 0 Å². The Kier molecular flexibility index (Phi) is 1.18. The third-order valence-corrected chi connectivity index (χ3v) is 4.39. The van der Waals surface area contributed by atoms with E-state index in [-0.39, 0.29) is 6.10 Å². The van der Waals surface area contributed by atoms with Gasteiger partial charge in [-0.3, -0.25) is 0 Å². The number of aliphatic hydroxyl groups excluding tert-OH is 1. The van der Waals surface area contributed by atoms with E-state index in [4.69, 9.17) is 0 Å². The lowest BCUT2D eigenvalue weighted by Crippen LogP contribution is -2.27. The number of hydrogen-bond acceptors (Lipinski definition) is 1. The largest absolute Gasteiger partial charge is 0.393 e. The van der Waals surface area contributed by atoms with Gasteiger partial charge in [0, 0.05) is 0 Å². The lowest BCUT2D eigenvalue weighted by Gasteiger charge is -2.28. The molecule has 11 heavy (non-hydrogen) atoms. The summed E-state index contributed by atoms with van der Waals surface area (Å²) in [6, 6.07) is 0. The SMILES string of the molecule is O[C@H]1C[C@@H]2C[C@H]1[C@@H]1CCC[C@H]21. The summed E-state index contributed by atoms with van der Waals surface area (Å²) < 4.78 is 0. The molecule has 0 spiro atoms. The lowest BCUT2D eigenvalue weighted by molar-refractivity contribution is 0.0642. The van der Waals surface area contributed by atoms with Crippen molar-refractivity contribution in [2.45, 2.75) is 38.2 Å². The Morgan fingerprint density at radius 3 is 2.64 bits per heavy atom. The molecule has 3 rings (SSSR count). The van der Waals surface area contributed by atoms with Crippen LogP contribution in [0.2, 0.25) is 0 Å². The molecule has 5 atom stereocenters. The van der Waals surface area contributed by atoms with Crippen LogP contribution in [0.4, 0.5) is 0 Å². The molecule has 62 valence electrons. The van der Waals surface area contributed by atoms with E-state index in [0.717, 1.165) is 24.2 Å². The molecular weight excluding hydrogens is 136 g/mol. The van der Waals surface area contributed by atoms with E-state index in [9.17, 15) is 5.11 Å². The molecule has 0 aromatic heterocycles. The molecule has 3 aliphatic carbocycles. The second-order valence-electron chi connectivity index (χ2n) is 4.72. The molecule has 0 aliphatic heterocycles. The average Bonchev–Trinajstić information content (AvgIpc) is 2.52. The lowest BCUT2D eigenvalue weighted by atomic mass is 9.80. The average molecular weight is 152 g/mol. The van der Waals surface area contributed by atoms with Crippen molar-refractivity contribution in [3.8, 4) is 0 Å². The monoisotopic (exact) mass is 152 g/mol. The zero-order valence-electron chi connectivity index (χ0n) is 6.87. The Bertz CT molecular complexity index is 178. The zero-order valence-corrected chi connectivity index (χ0v) is 6.87. The summed E-state index contributed by atoms with van der Waals surface area (Å²) in [7, 11) is 0. The molecule has 0 aromatic carbocycles. The molecular formula is C10H16O. The quantitative estimate of drug-likeness (QED) is 0.561. The van der Waals surface area contributed by atoms with Crippen molar-refractivity contribution in [3.05, 3.63) is 0 Å². The van der Waals surface area contributed by atoms with Gasteiger partial charge in [-0.15, -0.1) is 0 Å². The van der Waals surface area contributed by atoms with Gasteiger partial charge in [0.1, 0.15) is 0 Å². The molecule has 2 bridgehead atoms. The molecule has 0 radical (unpaired) electrons. The molecule has 0 unspecified atom stereocenters. The van der Waals surface area contributed by atoms with Gasteiger partial charge in [-0.2, -0.15) is 0 Å². The third-order valence-electron chi connectivity index (χ3n) is 4.39. The van der Waals surface area contributed by atoms with E-state index in [1.165, 1.54) is 25.7 Å². The Balaban J connectivity index is 1.90. The predicted molar refractivity (Wildman–Crippen MR) is 43.1 cm³/mol. The topological polar surface area (TPSA) is 20.2 Å². The van der Waals surface area contributed by atoms with Crippen LogP contribution in [0, 0.1) is 23.7 Å². The highest BCUT2D eigenvalue weighted by atomic mass is 16.3. The van der Waals surface area contributed by atoms with E-state index in [2.05, 4.69) is 0 Å². The summed E-state index contributed by atoms with van der Waals surface area (Å²) in [4.78, 5) is 0. The summed E-state index contributed by atoms with van der Waals surface area (Å²) in [6.07, 6.45) is 6.90. The van der Waals surface area contributed by atoms with Gasteiger partial charge in [0.05, 0.1) is 6.10 Å². The molecule has 3 aliphatic rings. The van der Waals surface area contributed by atoms with Gasteiger partial charge in [0.15, 0.2) is 0 Å². The van der Waals surface area contributed by atoms with Crippen LogP contribution >= 0.6 is 0 Å². The molecule has 1 N–H and O–H groups in total. The van der Waals surface area contributed by atoms with Crippen molar-refractivity contribution >= 4 is 0 Å². The van der Waals surface area contributed by atoms with E-state index in [1.807, 2.05) is 0 Å². The second kappa shape index (κ2) is 2.01. The van der Waals surface area contributed by atoms with Crippen molar-refractivity contribution in [1.29, 1.82) is 0 Å². The summed E-state index contributed by atoms with van der Waals surface area (Å²) in [5.41, 5.74) is 0. The van der Waals surface area contributed by atoms with Crippen LogP contribution in [-0.4, -0.2) is 11.2 Å². The highest BCUT2D eigenvalue weighted by Crippen LogP contribution is 2.58. The maximum absolute atomic E-state index is 9.67. The Labute approximate surface area is 67.8 Å². The van der Waals surface area contributed by atoms with Crippen LogP contribution in [-0.2, 0) is 0 Å². The normalized spacial score (nSPS) is 60.3. The van der Waals surface area contributed by atoms with Gasteiger partial charge in [-0.25, -0.2) is 0 Å². The van der Waals surface area contributed by atoms with Gasteiger partial charge in [-0.05, 0) is 49.4 Å². The zero-order chi connectivity index (χ0) is 7.42. The molecule has 0 aromatic rings. The summed E-state index contributed by atoms with van der Waals surface area (Å²) in [6.45, 7) is 0. The van der Waals surface area contributed by atoms with Crippen LogP contribution in [0.15, 0.2) is 0 Å². The van der Waals surface area contributed by atoms with E-state index < -0.39 is 0 Å². The highest BCUT2D eigenvalue weighted by molar-refractivity contribution is 5.02. The maximum Gasteiger partial charge on any atom is 0.0574 e. The minimum atomic E-state index is 0.0827. The van der Waals surface area contributed by atoms with E-state index in [0.29, 0.717) is 5.92 Å². The van der Waals surface area contributed by atoms with Gasteiger partial charge in [-0.1, -0.05) is 6.42 Å². The summed E-state index contributed by atoms with van der Waals surface area (Å²) >= 11 is 0. The molecule has 3 saturated carbocycles. The standard InChI is InChI=1S/C10H16O/c11-10-5-6-4-9(10)8-3-1-2-7(6)8/h6-11H,1-5H2/t6-,7+,8+,9-,10-/m0/s1. The molecule has 3 fully saturated rings. The van der Waals surface area contributed by atoms with Crippen molar-refractivity contribution in [2.24, 2.45) is 23.7 Å². The Morgan fingerprint density at radius 1 is 0.909 bits per heavy atom. The van der Waals surface area contributed by atoms with Crippen LogP contribution in [0.3, 0.4) is 0 Å². The Hall–Kier alpha value is -0.0400. The smallest absolute Gasteiger partial charge is 0.0574 e. The van der Waals surface area contributed by atoms with Crippen LogP contribution < -0.4 is 0 Å². The first kappa shape index (κ1) is 6.47. The first-order valence-corrected chi connectivity index (χ1v) is 5.04. The first-order chi connectivity index (χ1) is 5.36. The highest BCUT2D eigenvalue weighted by Gasteiger charge is 2.53. The fraction of sp³-hybridized carbons (Fsp3) is 1.00. The van der Waals surface area contributed by atoms with Crippen LogP contribution in [0.25, 0.3) is 0 Å². The molecule has 0 amide bonds. The van der Waals surface area contributed by atoms with Crippen molar-refractivity contribution in [2.75, 3.05) is 0 Å². The summed E-state index contributed by atoms with van der Waals surface area (Å²) in [5, 5.41) is 9.67. The van der Waals surface area contributed by atoms with Crippen molar-refractivity contribution in [3.63, 3.8) is 0 Å². The van der Waals surface area contributed by atoms with Crippen LogP contribution in [0.1, 0.15) is 32.1 Å². The third kappa shape index (κ3) is 0.703. The first-order valence-electron chi connectivity index (χ1n) is 5.04. The Morgan fingerprint density at radius 2 is 1.73 bits per heavy atom. The van der Waals surface area contributed by atoms with Gasteiger partial charge in [0.25, 0.3) is 0 Å². The van der Waals surface area contributed by atoms with Crippen molar-refractivity contribution < 1.29 is 5.11 Å². The number of fused-ring (bicyclic) bond motifs is 5. The number of rotatable bonds is 0. The second-order valence-corrected chi connectivity index (χ2v) is 4.72. The van der Waals surface area contributed by atoms with Crippen molar-refractivity contribution in [1.82, 2.24) is 0 Å². The number of aliphatic hydroxyl groups is 1. The van der Waals surface area contributed by atoms with Gasteiger partial charge in [0.2, 0.25) is 0 Å². The minimum Gasteiger partial charge on any atom is -0.393 e. The molecule has 1 nitrogen and oxygen atoms in total. The molecule has 0 heterocycles. The number of hydrogen-bond donors (Lipinski definition) is 1. The fourth-order valence-electron chi connectivity index (χ4n) is 4.03. The summed E-state index contributed by atoms with van der Waals surface area (Å²) in [5.74, 6) is 3.60.